The first kappa shape index (κ1) is 27.9. The highest BCUT2D eigenvalue weighted by Gasteiger charge is 2.16. The monoisotopic (exact) mass is 488 g/mol. The predicted molar refractivity (Wildman–Crippen MR) is 125 cm³/mol. The molecule has 0 radical (unpaired) electrons. The second-order valence-electron chi connectivity index (χ2n) is 7.03. The van der Waals surface area contributed by atoms with E-state index in [4.69, 9.17) is 18.6 Å². The molecule has 0 unspecified atom stereocenters. The lowest BCUT2D eigenvalue weighted by Crippen LogP contribution is -2.37. The molecule has 0 atom stereocenters. The molecule has 10 heteroatoms. The summed E-state index contributed by atoms with van der Waals surface area (Å²) in [6.07, 6.45) is 1.05. The molecule has 32 heavy (non-hydrogen) atoms. The van der Waals surface area contributed by atoms with Gasteiger partial charge in [-0.3, -0.25) is 4.90 Å². The minimum absolute atomic E-state index is 0. The molecule has 3 rings (SSSR count). The van der Waals surface area contributed by atoms with Gasteiger partial charge in [-0.1, -0.05) is 0 Å². The minimum Gasteiger partial charge on any atom is -0.465 e. The largest absolute Gasteiger partial charge is 0.465 e. The number of rotatable bonds is 9. The molecule has 1 aromatic carbocycles. The Hall–Kier alpha value is -2.10. The summed E-state index contributed by atoms with van der Waals surface area (Å²) in [5, 5.41) is 3.38. The Bertz CT molecular complexity index is 834. The topological polar surface area (TPSA) is 90.2 Å². The number of hydrogen-bond acceptors (Lipinski definition) is 8. The van der Waals surface area contributed by atoms with E-state index in [0.717, 1.165) is 51.6 Å². The number of ether oxygens (including phenoxy) is 3. The molecule has 8 nitrogen and oxygen atoms in total. The summed E-state index contributed by atoms with van der Waals surface area (Å²) in [7, 11) is 2.59. The molecule has 1 aliphatic rings. The van der Waals surface area contributed by atoms with Crippen molar-refractivity contribution < 1.29 is 28.2 Å². The molecule has 0 aliphatic carbocycles. The van der Waals surface area contributed by atoms with Crippen LogP contribution in [0.25, 0.3) is 11.3 Å². The predicted octanol–water partition coefficient (Wildman–Crippen LogP) is 3.18. The number of esters is 2. The molecule has 2 aromatic rings. The highest BCUT2D eigenvalue weighted by atomic mass is 35.5. The number of carbonyl (C=O) groups excluding carboxylic acids is 2. The molecule has 1 aliphatic heterocycles. The zero-order valence-corrected chi connectivity index (χ0v) is 19.9. The van der Waals surface area contributed by atoms with Crippen molar-refractivity contribution in [2.75, 3.05) is 53.6 Å². The van der Waals surface area contributed by atoms with Crippen LogP contribution in [0.5, 0.6) is 0 Å². The van der Waals surface area contributed by atoms with Crippen LogP contribution in [0, 0.1) is 0 Å². The van der Waals surface area contributed by atoms with Gasteiger partial charge in [-0.25, -0.2) is 9.59 Å². The summed E-state index contributed by atoms with van der Waals surface area (Å²) in [5.41, 5.74) is 1.13. The maximum Gasteiger partial charge on any atom is 0.337 e. The van der Waals surface area contributed by atoms with Crippen molar-refractivity contribution >= 4 is 36.8 Å². The highest BCUT2D eigenvalue weighted by molar-refractivity contribution is 5.97. The van der Waals surface area contributed by atoms with E-state index in [1.54, 1.807) is 12.1 Å². The van der Waals surface area contributed by atoms with Crippen LogP contribution in [-0.4, -0.2) is 70.5 Å². The molecule has 1 aromatic heterocycles. The summed E-state index contributed by atoms with van der Waals surface area (Å²) in [6.45, 7) is 6.17. The second kappa shape index (κ2) is 14.1. The first-order valence-corrected chi connectivity index (χ1v) is 10.0. The second-order valence-corrected chi connectivity index (χ2v) is 7.03. The number of hydrogen-bond donors (Lipinski definition) is 1. The van der Waals surface area contributed by atoms with Crippen LogP contribution in [0.4, 0.5) is 0 Å². The molecular weight excluding hydrogens is 459 g/mol. The van der Waals surface area contributed by atoms with Crippen LogP contribution in [0.3, 0.4) is 0 Å². The van der Waals surface area contributed by atoms with Crippen molar-refractivity contribution in [3.63, 3.8) is 0 Å². The van der Waals surface area contributed by atoms with E-state index < -0.39 is 11.9 Å². The minimum atomic E-state index is -0.532. The van der Waals surface area contributed by atoms with Gasteiger partial charge in [0.15, 0.2) is 0 Å². The first-order valence-electron chi connectivity index (χ1n) is 10.0. The van der Waals surface area contributed by atoms with Crippen molar-refractivity contribution in [1.29, 1.82) is 0 Å². The molecule has 0 amide bonds. The van der Waals surface area contributed by atoms with E-state index >= 15 is 0 Å². The van der Waals surface area contributed by atoms with Crippen LogP contribution in [0.1, 0.15) is 32.9 Å². The molecule has 178 valence electrons. The Morgan fingerprint density at radius 3 is 2.22 bits per heavy atom. The van der Waals surface area contributed by atoms with Crippen LogP contribution in [0.2, 0.25) is 0 Å². The number of carbonyl (C=O) groups is 2. The lowest BCUT2D eigenvalue weighted by molar-refractivity contribution is 0.0374. The van der Waals surface area contributed by atoms with Gasteiger partial charge in [0.1, 0.15) is 11.5 Å². The maximum absolute atomic E-state index is 12.0. The van der Waals surface area contributed by atoms with Crippen molar-refractivity contribution in [2.45, 2.75) is 13.0 Å². The van der Waals surface area contributed by atoms with Gasteiger partial charge in [0.2, 0.25) is 0 Å². The third-order valence-corrected chi connectivity index (χ3v) is 4.95. The van der Waals surface area contributed by atoms with Gasteiger partial charge >= 0.3 is 11.9 Å². The van der Waals surface area contributed by atoms with E-state index in [-0.39, 0.29) is 35.9 Å². The number of nitrogens with one attached hydrogen (secondary N) is 1. The van der Waals surface area contributed by atoms with E-state index in [9.17, 15) is 9.59 Å². The number of halogens is 2. The van der Waals surface area contributed by atoms with E-state index in [2.05, 4.69) is 10.2 Å². The molecule has 0 saturated carbocycles. The SMILES string of the molecule is COC(=O)c1cc(C(=O)OC)cc(-c2ccc(CNCCCN3CCOCC3)o2)c1.Cl.Cl. The van der Waals surface area contributed by atoms with Crippen LogP contribution in [-0.2, 0) is 20.8 Å². The van der Waals surface area contributed by atoms with E-state index in [1.807, 2.05) is 12.1 Å². The highest BCUT2D eigenvalue weighted by Crippen LogP contribution is 2.25. The first-order chi connectivity index (χ1) is 14.6. The van der Waals surface area contributed by atoms with Gasteiger partial charge in [0.25, 0.3) is 0 Å². The lowest BCUT2D eigenvalue weighted by Gasteiger charge is -2.26. The Kier molecular flexibility index (Phi) is 12.3. The maximum atomic E-state index is 12.0. The van der Waals surface area contributed by atoms with Crippen molar-refractivity contribution in [3.05, 3.63) is 47.2 Å². The Morgan fingerprint density at radius 1 is 1.00 bits per heavy atom. The van der Waals surface area contributed by atoms with E-state index in [0.29, 0.717) is 17.9 Å². The van der Waals surface area contributed by atoms with Gasteiger partial charge in [0, 0.05) is 18.7 Å². The number of methoxy groups -OCH3 is 2. The summed E-state index contributed by atoms with van der Waals surface area (Å²) >= 11 is 0. The molecule has 1 saturated heterocycles. The lowest BCUT2D eigenvalue weighted by atomic mass is 10.0. The molecule has 0 bridgehead atoms. The van der Waals surface area contributed by atoms with Crippen LogP contribution < -0.4 is 5.32 Å². The van der Waals surface area contributed by atoms with Gasteiger partial charge in [-0.15, -0.1) is 24.8 Å². The average Bonchev–Trinajstić information content (AvgIpc) is 3.27. The standard InChI is InChI=1S/C22H28N2O6.2ClH/c1-27-21(25)17-12-16(13-18(14-17)22(26)28-2)20-5-4-19(30-20)15-23-6-3-7-24-8-10-29-11-9-24;;/h4-5,12-14,23H,3,6-11,15H2,1-2H3;2*1H. The van der Waals surface area contributed by atoms with Gasteiger partial charge in [-0.2, -0.15) is 0 Å². The number of furan rings is 1. The average molecular weight is 489 g/mol. The molecular formula is C22H30Cl2N2O6. The Labute approximate surface area is 200 Å². The summed E-state index contributed by atoms with van der Waals surface area (Å²) in [4.78, 5) is 26.3. The van der Waals surface area contributed by atoms with Gasteiger partial charge in [-0.05, 0) is 49.8 Å². The smallest absolute Gasteiger partial charge is 0.337 e. The third-order valence-electron chi connectivity index (χ3n) is 4.95. The zero-order valence-electron chi connectivity index (χ0n) is 18.3. The van der Waals surface area contributed by atoms with Crippen molar-refractivity contribution in [1.82, 2.24) is 10.2 Å². The summed E-state index contributed by atoms with van der Waals surface area (Å²) < 4.78 is 20.8. The zero-order chi connectivity index (χ0) is 21.3. The van der Waals surface area contributed by atoms with Crippen LogP contribution >= 0.6 is 24.8 Å². The molecule has 1 fully saturated rings. The molecule has 1 N–H and O–H groups in total. The van der Waals surface area contributed by atoms with Gasteiger partial charge in [0.05, 0.1) is 45.1 Å². The van der Waals surface area contributed by atoms with Crippen LogP contribution in [0.15, 0.2) is 34.7 Å². The molecule has 0 spiro atoms. The third kappa shape index (κ3) is 7.79. The number of nitrogens with zero attached hydrogens (tertiary/aromatic N) is 1. The molecule has 2 heterocycles. The Balaban J connectivity index is 0.00000256. The quantitative estimate of drug-likeness (QED) is 0.425. The normalized spacial score (nSPS) is 13.6. The van der Waals surface area contributed by atoms with E-state index in [1.165, 1.54) is 20.3 Å². The Morgan fingerprint density at radius 2 is 1.62 bits per heavy atom. The summed E-state index contributed by atoms with van der Waals surface area (Å²) in [5.74, 6) is 0.280. The number of morpholine rings is 1. The van der Waals surface area contributed by atoms with Crippen molar-refractivity contribution in [3.8, 4) is 11.3 Å². The summed E-state index contributed by atoms with van der Waals surface area (Å²) in [6, 6.07) is 8.42. The fourth-order valence-corrected chi connectivity index (χ4v) is 3.33. The van der Waals surface area contributed by atoms with Gasteiger partial charge < -0.3 is 23.9 Å². The number of benzene rings is 1. The fourth-order valence-electron chi connectivity index (χ4n) is 3.33. The fraction of sp³-hybridized carbons (Fsp3) is 0.455. The van der Waals surface area contributed by atoms with Crippen molar-refractivity contribution in [2.24, 2.45) is 0 Å².